The standard InChI is InChI=1S/C64H40N2/c1-3-11-41(12-4-1)43-19-23-49(24-20-43)59-39-61(51-33-31-47-29-27-45-15-7-9-17-53(45)57(47)37-51)65-63-55(59)35-36-56-60(50-25-21-44(22-26-50)42-13-5-2-6-14-42)40-62(66-64(56)63)52-34-32-48-30-28-46-16-8-10-18-54(46)58(48)38-52/h1-40H. The summed E-state index contributed by atoms with van der Waals surface area (Å²) in [6, 6.07) is 87.9. The molecule has 0 spiro atoms. The molecule has 0 radical (unpaired) electrons. The van der Waals surface area contributed by atoms with Gasteiger partial charge in [-0.25, -0.2) is 9.97 Å². The van der Waals surface area contributed by atoms with Gasteiger partial charge in [0.15, 0.2) is 0 Å². The normalized spacial score (nSPS) is 11.6. The molecule has 0 saturated carbocycles. The fourth-order valence-electron chi connectivity index (χ4n) is 10.0. The Labute approximate surface area is 382 Å². The fourth-order valence-corrected chi connectivity index (χ4v) is 10.0. The van der Waals surface area contributed by atoms with Crippen molar-refractivity contribution in [3.8, 4) is 67.0 Å². The Morgan fingerprint density at radius 3 is 0.939 bits per heavy atom. The van der Waals surface area contributed by atoms with Gasteiger partial charge in [-0.3, -0.25) is 0 Å². The Balaban J connectivity index is 1.08. The highest BCUT2D eigenvalue weighted by Crippen LogP contribution is 2.42. The minimum atomic E-state index is 0.875. The van der Waals surface area contributed by atoms with Gasteiger partial charge in [0.25, 0.3) is 0 Å². The first-order valence-electron chi connectivity index (χ1n) is 22.6. The molecule has 306 valence electrons. The summed E-state index contributed by atoms with van der Waals surface area (Å²) in [6.07, 6.45) is 0. The molecule has 0 N–H and O–H groups in total. The van der Waals surface area contributed by atoms with Crippen LogP contribution in [0.3, 0.4) is 0 Å². The minimum Gasteiger partial charge on any atom is -0.245 e. The zero-order valence-corrected chi connectivity index (χ0v) is 36.0. The highest BCUT2D eigenvalue weighted by molar-refractivity contribution is 6.15. The molecule has 0 bridgehead atoms. The Morgan fingerprint density at radius 1 is 0.197 bits per heavy atom. The summed E-state index contributed by atoms with van der Waals surface area (Å²) in [5, 5.41) is 11.9. The molecule has 11 aromatic carbocycles. The van der Waals surface area contributed by atoms with Crippen LogP contribution in [0.1, 0.15) is 0 Å². The van der Waals surface area contributed by atoms with Gasteiger partial charge >= 0.3 is 0 Å². The van der Waals surface area contributed by atoms with Crippen LogP contribution in [0.5, 0.6) is 0 Å². The van der Waals surface area contributed by atoms with Gasteiger partial charge in [0.2, 0.25) is 0 Å². The molecule has 0 unspecified atom stereocenters. The van der Waals surface area contributed by atoms with E-state index in [0.29, 0.717) is 0 Å². The summed E-state index contributed by atoms with van der Waals surface area (Å²) in [4.78, 5) is 11.3. The third-order valence-corrected chi connectivity index (χ3v) is 13.4. The predicted molar refractivity (Wildman–Crippen MR) is 280 cm³/mol. The Hall–Kier alpha value is -8.72. The first kappa shape index (κ1) is 37.8. The van der Waals surface area contributed by atoms with Gasteiger partial charge in [0.1, 0.15) is 0 Å². The molecule has 0 aliphatic rings. The number of hydrogen-bond acceptors (Lipinski definition) is 2. The molecule has 13 rings (SSSR count). The molecule has 2 heterocycles. The lowest BCUT2D eigenvalue weighted by Crippen LogP contribution is -1.96. The van der Waals surface area contributed by atoms with Crippen molar-refractivity contribution >= 4 is 64.9 Å². The van der Waals surface area contributed by atoms with Crippen molar-refractivity contribution < 1.29 is 0 Å². The van der Waals surface area contributed by atoms with Gasteiger partial charge in [0, 0.05) is 21.9 Å². The molecule has 66 heavy (non-hydrogen) atoms. The summed E-state index contributed by atoms with van der Waals surface area (Å²) >= 11 is 0. The van der Waals surface area contributed by atoms with E-state index in [9.17, 15) is 0 Å². The Morgan fingerprint density at radius 2 is 0.515 bits per heavy atom. The first-order chi connectivity index (χ1) is 32.7. The van der Waals surface area contributed by atoms with Crippen LogP contribution in [0.25, 0.3) is 132 Å². The zero-order valence-electron chi connectivity index (χ0n) is 36.0. The molecular weight excluding hydrogens is 797 g/mol. The van der Waals surface area contributed by atoms with Gasteiger partial charge in [-0.2, -0.15) is 0 Å². The van der Waals surface area contributed by atoms with E-state index >= 15 is 0 Å². The largest absolute Gasteiger partial charge is 0.245 e. The number of fused-ring (bicyclic) bond motifs is 9. The predicted octanol–water partition coefficient (Wildman–Crippen LogP) is 17.4. The van der Waals surface area contributed by atoms with Gasteiger partial charge in [0.05, 0.1) is 22.4 Å². The average Bonchev–Trinajstić information content (AvgIpc) is 3.40. The molecule has 0 aliphatic carbocycles. The van der Waals surface area contributed by atoms with Crippen molar-refractivity contribution in [2.45, 2.75) is 0 Å². The highest BCUT2D eigenvalue weighted by Gasteiger charge is 2.19. The molecule has 2 aromatic heterocycles. The molecular formula is C64H40N2. The molecule has 2 nitrogen and oxygen atoms in total. The van der Waals surface area contributed by atoms with E-state index in [1.165, 1.54) is 65.3 Å². The van der Waals surface area contributed by atoms with Gasteiger partial charge < -0.3 is 0 Å². The fraction of sp³-hybridized carbons (Fsp3) is 0. The monoisotopic (exact) mass is 836 g/mol. The molecule has 0 atom stereocenters. The average molecular weight is 837 g/mol. The van der Waals surface area contributed by atoms with Crippen molar-refractivity contribution in [3.05, 3.63) is 243 Å². The maximum absolute atomic E-state index is 5.66. The molecule has 2 heteroatoms. The topological polar surface area (TPSA) is 25.8 Å². The second kappa shape index (κ2) is 15.5. The van der Waals surface area contributed by atoms with E-state index in [1.54, 1.807) is 0 Å². The van der Waals surface area contributed by atoms with Crippen LogP contribution in [0.4, 0.5) is 0 Å². The molecule has 13 aromatic rings. The number of pyridine rings is 2. The molecule has 0 aliphatic heterocycles. The van der Waals surface area contributed by atoms with E-state index < -0.39 is 0 Å². The van der Waals surface area contributed by atoms with Crippen LogP contribution in [-0.4, -0.2) is 9.97 Å². The Bertz CT molecular complexity index is 3740. The Kier molecular flexibility index (Phi) is 8.89. The van der Waals surface area contributed by atoms with Crippen LogP contribution >= 0.6 is 0 Å². The van der Waals surface area contributed by atoms with E-state index in [4.69, 9.17) is 9.97 Å². The maximum atomic E-state index is 5.66. The van der Waals surface area contributed by atoms with Crippen LogP contribution < -0.4 is 0 Å². The second-order valence-corrected chi connectivity index (χ2v) is 17.3. The lowest BCUT2D eigenvalue weighted by atomic mass is 9.92. The lowest BCUT2D eigenvalue weighted by molar-refractivity contribution is 1.37. The highest BCUT2D eigenvalue weighted by atomic mass is 14.8. The van der Waals surface area contributed by atoms with Crippen LogP contribution in [0.2, 0.25) is 0 Å². The molecule has 0 amide bonds. The van der Waals surface area contributed by atoms with E-state index in [-0.39, 0.29) is 0 Å². The number of nitrogens with zero attached hydrogens (tertiary/aromatic N) is 2. The quantitative estimate of drug-likeness (QED) is 0.156. The van der Waals surface area contributed by atoms with Crippen LogP contribution in [-0.2, 0) is 0 Å². The van der Waals surface area contributed by atoms with E-state index in [0.717, 1.165) is 66.6 Å². The third kappa shape index (κ3) is 6.50. The maximum Gasteiger partial charge on any atom is 0.0978 e. The minimum absolute atomic E-state index is 0.875. The third-order valence-electron chi connectivity index (χ3n) is 13.4. The molecule has 0 fully saturated rings. The summed E-state index contributed by atoms with van der Waals surface area (Å²) in [5.41, 5.74) is 14.9. The van der Waals surface area contributed by atoms with Crippen LogP contribution in [0.15, 0.2) is 243 Å². The summed E-state index contributed by atoms with van der Waals surface area (Å²) < 4.78 is 0. The van der Waals surface area contributed by atoms with E-state index in [2.05, 4.69) is 243 Å². The number of hydrogen-bond donors (Lipinski definition) is 0. The number of benzene rings is 11. The van der Waals surface area contributed by atoms with Crippen molar-refractivity contribution in [1.82, 2.24) is 9.97 Å². The zero-order chi connectivity index (χ0) is 43.6. The number of aromatic nitrogens is 2. The van der Waals surface area contributed by atoms with Gasteiger partial charge in [-0.05, 0) is 112 Å². The van der Waals surface area contributed by atoms with E-state index in [1.807, 2.05) is 0 Å². The summed E-state index contributed by atoms with van der Waals surface area (Å²) in [6.45, 7) is 0. The summed E-state index contributed by atoms with van der Waals surface area (Å²) in [5.74, 6) is 0. The van der Waals surface area contributed by atoms with Crippen LogP contribution in [0, 0.1) is 0 Å². The summed E-state index contributed by atoms with van der Waals surface area (Å²) in [7, 11) is 0. The second-order valence-electron chi connectivity index (χ2n) is 17.3. The van der Waals surface area contributed by atoms with Crippen molar-refractivity contribution in [3.63, 3.8) is 0 Å². The molecule has 0 saturated heterocycles. The van der Waals surface area contributed by atoms with Crippen molar-refractivity contribution in [2.75, 3.05) is 0 Å². The van der Waals surface area contributed by atoms with Gasteiger partial charge in [-0.15, -0.1) is 0 Å². The number of rotatable bonds is 6. The SMILES string of the molecule is c1ccc(-c2ccc(-c3cc(-c4ccc5ccc6ccccc6c5c4)nc4c3ccc3c(-c5ccc(-c6ccccc6)cc5)cc(-c5ccc6ccc7ccccc7c6c5)nc34)cc2)cc1. The van der Waals surface area contributed by atoms with Crippen molar-refractivity contribution in [2.24, 2.45) is 0 Å². The van der Waals surface area contributed by atoms with Gasteiger partial charge in [-0.1, -0.05) is 218 Å². The lowest BCUT2D eigenvalue weighted by Gasteiger charge is -2.16. The smallest absolute Gasteiger partial charge is 0.0978 e. The first-order valence-corrected chi connectivity index (χ1v) is 22.6. The van der Waals surface area contributed by atoms with Crippen molar-refractivity contribution in [1.29, 1.82) is 0 Å².